The molecule has 102 valence electrons. The third-order valence-electron chi connectivity index (χ3n) is 2.86. The number of ether oxygens (including phenoxy) is 2. The molecule has 1 rings (SSSR count). The van der Waals surface area contributed by atoms with E-state index in [0.29, 0.717) is 18.2 Å². The number of aliphatic hydroxyl groups is 1. The molecule has 0 atom stereocenters. The summed E-state index contributed by atoms with van der Waals surface area (Å²) in [5.74, 6) is 1.02. The van der Waals surface area contributed by atoms with Crippen LogP contribution in [0.1, 0.15) is 13.8 Å². The molecular formula is C13H22N2O3. The van der Waals surface area contributed by atoms with E-state index in [-0.39, 0.29) is 18.8 Å². The second kappa shape index (κ2) is 6.56. The Morgan fingerprint density at radius 2 is 2.06 bits per heavy atom. The molecule has 0 aliphatic carbocycles. The van der Waals surface area contributed by atoms with Gasteiger partial charge in [0.2, 0.25) is 0 Å². The molecule has 0 aromatic carbocycles. The number of aliphatic hydroxyl groups excluding tert-OH is 1. The fourth-order valence-corrected chi connectivity index (χ4v) is 1.12. The van der Waals surface area contributed by atoms with Crippen LogP contribution < -0.4 is 9.47 Å². The minimum atomic E-state index is -0.0915. The molecule has 1 heterocycles. The summed E-state index contributed by atoms with van der Waals surface area (Å²) < 4.78 is 11.1. The van der Waals surface area contributed by atoms with Crippen LogP contribution in [-0.4, -0.2) is 54.4 Å². The fourth-order valence-electron chi connectivity index (χ4n) is 1.12. The first-order valence-corrected chi connectivity index (χ1v) is 5.96. The van der Waals surface area contributed by atoms with Crippen molar-refractivity contribution in [1.29, 1.82) is 0 Å². The van der Waals surface area contributed by atoms with Gasteiger partial charge in [-0.25, -0.2) is 4.98 Å². The summed E-state index contributed by atoms with van der Waals surface area (Å²) in [4.78, 5) is 6.23. The van der Waals surface area contributed by atoms with Gasteiger partial charge in [-0.15, -0.1) is 0 Å². The number of aromatic nitrogens is 1. The van der Waals surface area contributed by atoms with Gasteiger partial charge in [0, 0.05) is 11.7 Å². The molecule has 5 nitrogen and oxygen atoms in total. The average Bonchev–Trinajstić information content (AvgIpc) is 2.34. The summed E-state index contributed by atoms with van der Waals surface area (Å²) in [5.41, 5.74) is -0.0915. The van der Waals surface area contributed by atoms with E-state index in [9.17, 15) is 0 Å². The molecule has 0 spiro atoms. The highest BCUT2D eigenvalue weighted by Gasteiger charge is 2.22. The number of hydrogen-bond donors (Lipinski definition) is 1. The summed E-state index contributed by atoms with van der Waals surface area (Å²) >= 11 is 0. The zero-order valence-electron chi connectivity index (χ0n) is 11.5. The number of pyridine rings is 1. The van der Waals surface area contributed by atoms with Crippen LogP contribution in [0.5, 0.6) is 11.6 Å². The van der Waals surface area contributed by atoms with E-state index in [0.717, 1.165) is 0 Å². The Hall–Kier alpha value is -1.33. The predicted molar refractivity (Wildman–Crippen MR) is 70.1 cm³/mol. The van der Waals surface area contributed by atoms with E-state index in [1.807, 2.05) is 14.1 Å². The first kappa shape index (κ1) is 14.7. The number of likely N-dealkylation sites (N-methyl/N-ethyl adjacent to an activating group) is 1. The molecular weight excluding hydrogens is 232 g/mol. The lowest BCUT2D eigenvalue weighted by atomic mass is 10.1. The topological polar surface area (TPSA) is 54.8 Å². The Morgan fingerprint density at radius 1 is 1.33 bits per heavy atom. The number of hydrogen-bond acceptors (Lipinski definition) is 5. The molecule has 0 amide bonds. The molecule has 0 unspecified atom stereocenters. The monoisotopic (exact) mass is 254 g/mol. The van der Waals surface area contributed by atoms with Gasteiger partial charge in [0.05, 0.1) is 6.61 Å². The lowest BCUT2D eigenvalue weighted by molar-refractivity contribution is 0.106. The molecule has 18 heavy (non-hydrogen) atoms. The molecule has 1 aromatic heterocycles. The van der Waals surface area contributed by atoms with E-state index in [4.69, 9.17) is 14.6 Å². The van der Waals surface area contributed by atoms with Crippen molar-refractivity contribution in [2.24, 2.45) is 0 Å². The summed E-state index contributed by atoms with van der Waals surface area (Å²) in [6.45, 7) is 4.89. The molecule has 5 heteroatoms. The van der Waals surface area contributed by atoms with Gasteiger partial charge in [-0.1, -0.05) is 0 Å². The second-order valence-electron chi connectivity index (χ2n) is 4.87. The first-order valence-electron chi connectivity index (χ1n) is 5.96. The van der Waals surface area contributed by atoms with Crippen molar-refractivity contribution >= 4 is 0 Å². The third kappa shape index (κ3) is 4.16. The van der Waals surface area contributed by atoms with Crippen molar-refractivity contribution in [3.05, 3.63) is 18.3 Å². The fraction of sp³-hybridized carbons (Fsp3) is 0.615. The van der Waals surface area contributed by atoms with Crippen LogP contribution in [0.2, 0.25) is 0 Å². The van der Waals surface area contributed by atoms with E-state index in [1.165, 1.54) is 0 Å². The van der Waals surface area contributed by atoms with Gasteiger partial charge in [-0.05, 0) is 40.1 Å². The number of nitrogens with zero attached hydrogens (tertiary/aromatic N) is 2. The molecule has 1 aromatic rings. The maximum Gasteiger partial charge on any atom is 0.257 e. The molecule has 0 saturated heterocycles. The van der Waals surface area contributed by atoms with Crippen LogP contribution in [0, 0.1) is 0 Å². The lowest BCUT2D eigenvalue weighted by Gasteiger charge is -2.32. The molecule has 0 aliphatic rings. The van der Waals surface area contributed by atoms with Crippen molar-refractivity contribution in [3.8, 4) is 11.6 Å². The summed E-state index contributed by atoms with van der Waals surface area (Å²) in [6, 6.07) is 3.55. The highest BCUT2D eigenvalue weighted by molar-refractivity contribution is 5.32. The Balaban J connectivity index is 2.66. The number of rotatable bonds is 7. The highest BCUT2D eigenvalue weighted by Crippen LogP contribution is 2.24. The second-order valence-corrected chi connectivity index (χ2v) is 4.87. The third-order valence-corrected chi connectivity index (χ3v) is 2.86. The van der Waals surface area contributed by atoms with Crippen LogP contribution in [0.3, 0.4) is 0 Å². The lowest BCUT2D eigenvalue weighted by Crippen LogP contribution is -2.43. The van der Waals surface area contributed by atoms with Crippen molar-refractivity contribution < 1.29 is 14.6 Å². The Labute approximate surface area is 108 Å². The van der Waals surface area contributed by atoms with Crippen LogP contribution in [-0.2, 0) is 0 Å². The van der Waals surface area contributed by atoms with E-state index in [1.54, 1.807) is 18.3 Å². The highest BCUT2D eigenvalue weighted by atomic mass is 16.5. The van der Waals surface area contributed by atoms with Crippen LogP contribution in [0.4, 0.5) is 0 Å². The average molecular weight is 254 g/mol. The van der Waals surface area contributed by atoms with Crippen LogP contribution >= 0.6 is 0 Å². The maximum atomic E-state index is 8.76. The van der Waals surface area contributed by atoms with Gasteiger partial charge >= 0.3 is 0 Å². The van der Waals surface area contributed by atoms with Gasteiger partial charge in [0.1, 0.15) is 13.2 Å². The summed E-state index contributed by atoms with van der Waals surface area (Å²) in [6.07, 6.45) is 1.66. The quantitative estimate of drug-likeness (QED) is 0.791. The van der Waals surface area contributed by atoms with E-state index >= 15 is 0 Å². The normalized spacial score (nSPS) is 11.7. The molecule has 0 aliphatic heterocycles. The van der Waals surface area contributed by atoms with Crippen molar-refractivity contribution in [2.75, 3.05) is 33.9 Å². The van der Waals surface area contributed by atoms with E-state index in [2.05, 4.69) is 23.7 Å². The largest absolute Gasteiger partial charge is 0.486 e. The minimum Gasteiger partial charge on any atom is -0.486 e. The summed E-state index contributed by atoms with van der Waals surface area (Å²) in [7, 11) is 4.01. The Kier molecular flexibility index (Phi) is 5.37. The Bertz CT molecular complexity index is 367. The van der Waals surface area contributed by atoms with Gasteiger partial charge in [-0.3, -0.25) is 0 Å². The standard InChI is InChI=1S/C13H22N2O3/c1-13(2,15(3)4)10-18-12-11(17-9-8-16)6-5-7-14-12/h5-7,16H,8-10H2,1-4H3. The minimum absolute atomic E-state index is 0.0302. The van der Waals surface area contributed by atoms with Gasteiger partial charge in [0.25, 0.3) is 5.88 Å². The van der Waals surface area contributed by atoms with Crippen molar-refractivity contribution in [3.63, 3.8) is 0 Å². The van der Waals surface area contributed by atoms with E-state index < -0.39 is 0 Å². The summed E-state index contributed by atoms with van der Waals surface area (Å²) in [5, 5.41) is 8.76. The van der Waals surface area contributed by atoms with Crippen LogP contribution in [0.15, 0.2) is 18.3 Å². The molecule has 0 fully saturated rings. The first-order chi connectivity index (χ1) is 8.47. The molecule has 0 bridgehead atoms. The Morgan fingerprint density at radius 3 is 2.67 bits per heavy atom. The zero-order valence-corrected chi connectivity index (χ0v) is 11.5. The molecule has 0 saturated carbocycles. The zero-order chi connectivity index (χ0) is 13.6. The van der Waals surface area contributed by atoms with Gasteiger partial charge in [0.15, 0.2) is 5.75 Å². The van der Waals surface area contributed by atoms with Crippen molar-refractivity contribution in [2.45, 2.75) is 19.4 Å². The van der Waals surface area contributed by atoms with Crippen molar-refractivity contribution in [1.82, 2.24) is 9.88 Å². The SMILES string of the molecule is CN(C)C(C)(C)COc1ncccc1OCCO. The van der Waals surface area contributed by atoms with Gasteiger partial charge < -0.3 is 19.5 Å². The predicted octanol–water partition coefficient (Wildman–Crippen LogP) is 1.17. The molecule has 0 radical (unpaired) electrons. The van der Waals surface area contributed by atoms with Gasteiger partial charge in [-0.2, -0.15) is 0 Å². The maximum absolute atomic E-state index is 8.76. The molecule has 1 N–H and O–H groups in total. The smallest absolute Gasteiger partial charge is 0.257 e. The van der Waals surface area contributed by atoms with Crippen LogP contribution in [0.25, 0.3) is 0 Å².